The third kappa shape index (κ3) is 2.85. The Morgan fingerprint density at radius 2 is 2.05 bits per heavy atom. The van der Waals surface area contributed by atoms with E-state index in [2.05, 4.69) is 10.3 Å². The van der Waals surface area contributed by atoms with Crippen LogP contribution in [0.5, 0.6) is 0 Å². The van der Waals surface area contributed by atoms with E-state index in [-0.39, 0.29) is 5.82 Å². The summed E-state index contributed by atoms with van der Waals surface area (Å²) in [4.78, 5) is 14.5. The molecule has 0 atom stereocenters. The lowest BCUT2D eigenvalue weighted by atomic mass is 10.2. The average molecular weight is 264 g/mol. The number of rotatable bonds is 3. The lowest BCUT2D eigenvalue weighted by molar-refractivity contribution is 0.0692. The number of aromatic nitrogens is 1. The second-order valence-electron chi connectivity index (χ2n) is 3.97. The summed E-state index contributed by atoms with van der Waals surface area (Å²) < 4.78 is 27.0. The van der Waals surface area contributed by atoms with Crippen molar-refractivity contribution < 1.29 is 18.7 Å². The first-order chi connectivity index (χ1) is 8.97. The van der Waals surface area contributed by atoms with E-state index in [9.17, 15) is 13.6 Å². The molecule has 0 saturated heterocycles. The molecule has 2 rings (SSSR count). The summed E-state index contributed by atoms with van der Waals surface area (Å²) in [5.74, 6) is -3.11. The number of anilines is 2. The van der Waals surface area contributed by atoms with Crippen molar-refractivity contribution in [1.82, 2.24) is 4.98 Å². The van der Waals surface area contributed by atoms with E-state index in [1.54, 1.807) is 13.0 Å². The standard InChI is InChI=1S/C13H10F2N2O2/c1-7-4-8(14)6-9(5-7)17-12-11(15)10(13(18)19)2-3-16-12/h2-6H,1H3,(H,16,17)(H,18,19). The van der Waals surface area contributed by atoms with E-state index >= 15 is 0 Å². The monoisotopic (exact) mass is 264 g/mol. The number of aryl methyl sites for hydroxylation is 1. The Balaban J connectivity index is 2.38. The maximum atomic E-state index is 13.8. The minimum atomic E-state index is -1.39. The first-order valence-electron chi connectivity index (χ1n) is 5.39. The number of carboxylic acids is 1. The quantitative estimate of drug-likeness (QED) is 0.894. The molecule has 0 fully saturated rings. The highest BCUT2D eigenvalue weighted by Gasteiger charge is 2.15. The maximum Gasteiger partial charge on any atom is 0.338 e. The van der Waals surface area contributed by atoms with Crippen LogP contribution in [-0.2, 0) is 0 Å². The summed E-state index contributed by atoms with van der Waals surface area (Å²) in [7, 11) is 0. The predicted molar refractivity (Wildman–Crippen MR) is 65.6 cm³/mol. The van der Waals surface area contributed by atoms with Crippen LogP contribution in [0.25, 0.3) is 0 Å². The van der Waals surface area contributed by atoms with Crippen molar-refractivity contribution in [2.75, 3.05) is 5.32 Å². The van der Waals surface area contributed by atoms with Crippen LogP contribution in [0.4, 0.5) is 20.3 Å². The van der Waals surface area contributed by atoms with Crippen molar-refractivity contribution in [3.05, 3.63) is 53.2 Å². The summed E-state index contributed by atoms with van der Waals surface area (Å²) in [6, 6.07) is 5.14. The number of hydrogen-bond acceptors (Lipinski definition) is 3. The van der Waals surface area contributed by atoms with E-state index in [1.165, 1.54) is 18.3 Å². The number of nitrogens with one attached hydrogen (secondary N) is 1. The van der Waals surface area contributed by atoms with E-state index in [0.29, 0.717) is 11.3 Å². The van der Waals surface area contributed by atoms with Gasteiger partial charge in [-0.05, 0) is 36.8 Å². The highest BCUT2D eigenvalue weighted by molar-refractivity contribution is 5.89. The van der Waals surface area contributed by atoms with Gasteiger partial charge in [-0.15, -0.1) is 0 Å². The van der Waals surface area contributed by atoms with Gasteiger partial charge in [0.1, 0.15) is 11.4 Å². The fourth-order valence-corrected chi connectivity index (χ4v) is 1.64. The molecule has 98 valence electrons. The molecular weight excluding hydrogens is 254 g/mol. The van der Waals surface area contributed by atoms with Crippen molar-refractivity contribution in [3.63, 3.8) is 0 Å². The molecule has 2 aromatic rings. The third-order valence-electron chi connectivity index (χ3n) is 2.42. The summed E-state index contributed by atoms with van der Waals surface area (Å²) in [5, 5.41) is 11.3. The molecule has 2 N–H and O–H groups in total. The van der Waals surface area contributed by atoms with Crippen LogP contribution in [0, 0.1) is 18.6 Å². The fourth-order valence-electron chi connectivity index (χ4n) is 1.64. The molecule has 0 spiro atoms. The Morgan fingerprint density at radius 3 is 2.68 bits per heavy atom. The highest BCUT2D eigenvalue weighted by atomic mass is 19.1. The van der Waals surface area contributed by atoms with Crippen molar-refractivity contribution in [1.29, 1.82) is 0 Å². The van der Waals surface area contributed by atoms with Crippen LogP contribution < -0.4 is 5.32 Å². The van der Waals surface area contributed by atoms with Gasteiger partial charge in [-0.1, -0.05) is 0 Å². The van der Waals surface area contributed by atoms with E-state index < -0.39 is 23.2 Å². The molecule has 0 aliphatic heterocycles. The molecule has 0 bridgehead atoms. The van der Waals surface area contributed by atoms with Gasteiger partial charge in [-0.3, -0.25) is 0 Å². The molecule has 0 saturated carbocycles. The van der Waals surface area contributed by atoms with Crippen LogP contribution >= 0.6 is 0 Å². The number of hydrogen-bond donors (Lipinski definition) is 2. The largest absolute Gasteiger partial charge is 0.478 e. The molecule has 0 aliphatic rings. The fraction of sp³-hybridized carbons (Fsp3) is 0.0769. The smallest absolute Gasteiger partial charge is 0.338 e. The second-order valence-corrected chi connectivity index (χ2v) is 3.97. The number of halogens is 2. The van der Waals surface area contributed by atoms with Gasteiger partial charge >= 0.3 is 5.97 Å². The van der Waals surface area contributed by atoms with Crippen LogP contribution in [0.15, 0.2) is 30.5 Å². The Bertz CT molecular complexity index is 624. The third-order valence-corrected chi connectivity index (χ3v) is 2.42. The number of carbonyl (C=O) groups is 1. The number of pyridine rings is 1. The number of nitrogens with zero attached hydrogens (tertiary/aromatic N) is 1. The van der Waals surface area contributed by atoms with Crippen LogP contribution in [-0.4, -0.2) is 16.1 Å². The summed E-state index contributed by atoms with van der Waals surface area (Å²) in [5.41, 5.74) is 0.453. The summed E-state index contributed by atoms with van der Waals surface area (Å²) in [6.07, 6.45) is 1.17. The zero-order valence-corrected chi connectivity index (χ0v) is 9.95. The SMILES string of the molecule is Cc1cc(F)cc(Nc2nccc(C(=O)O)c2F)c1. The van der Waals surface area contributed by atoms with Gasteiger partial charge in [0.05, 0.1) is 0 Å². The molecule has 0 amide bonds. The maximum absolute atomic E-state index is 13.8. The molecule has 4 nitrogen and oxygen atoms in total. The molecule has 19 heavy (non-hydrogen) atoms. The molecule has 0 unspecified atom stereocenters. The van der Waals surface area contributed by atoms with E-state index in [0.717, 1.165) is 6.07 Å². The zero-order valence-electron chi connectivity index (χ0n) is 9.95. The predicted octanol–water partition coefficient (Wildman–Crippen LogP) is 3.11. The van der Waals surface area contributed by atoms with E-state index in [4.69, 9.17) is 5.11 Å². The molecule has 1 aromatic heterocycles. The first-order valence-corrected chi connectivity index (χ1v) is 5.39. The second kappa shape index (κ2) is 5.01. The van der Waals surface area contributed by atoms with E-state index in [1.807, 2.05) is 0 Å². The number of aromatic carboxylic acids is 1. The van der Waals surface area contributed by atoms with Gasteiger partial charge in [0, 0.05) is 11.9 Å². The lowest BCUT2D eigenvalue weighted by Gasteiger charge is -2.08. The van der Waals surface area contributed by atoms with Gasteiger partial charge in [0.25, 0.3) is 0 Å². The molecule has 1 aromatic carbocycles. The van der Waals surface area contributed by atoms with Gasteiger partial charge < -0.3 is 10.4 Å². The van der Waals surface area contributed by atoms with Crippen LogP contribution in [0.1, 0.15) is 15.9 Å². The van der Waals surface area contributed by atoms with Gasteiger partial charge in [-0.25, -0.2) is 18.6 Å². The van der Waals surface area contributed by atoms with Gasteiger partial charge in [-0.2, -0.15) is 0 Å². The summed E-state index contributed by atoms with van der Waals surface area (Å²) in [6.45, 7) is 1.69. The number of carboxylic acid groups (broad SMARTS) is 1. The van der Waals surface area contributed by atoms with Crippen LogP contribution in [0.3, 0.4) is 0 Å². The minimum absolute atomic E-state index is 0.259. The zero-order chi connectivity index (χ0) is 14.0. The highest BCUT2D eigenvalue weighted by Crippen LogP contribution is 2.21. The molecule has 1 heterocycles. The Morgan fingerprint density at radius 1 is 1.32 bits per heavy atom. The minimum Gasteiger partial charge on any atom is -0.478 e. The molecular formula is C13H10F2N2O2. The Hall–Kier alpha value is -2.50. The molecule has 0 aliphatic carbocycles. The Kier molecular flexibility index (Phi) is 3.41. The normalized spacial score (nSPS) is 10.3. The van der Waals surface area contributed by atoms with Gasteiger partial charge in [0.15, 0.2) is 11.6 Å². The lowest BCUT2D eigenvalue weighted by Crippen LogP contribution is -2.05. The molecule has 0 radical (unpaired) electrons. The summed E-state index contributed by atoms with van der Waals surface area (Å²) >= 11 is 0. The van der Waals surface area contributed by atoms with Gasteiger partial charge in [0.2, 0.25) is 0 Å². The van der Waals surface area contributed by atoms with Crippen LogP contribution in [0.2, 0.25) is 0 Å². The van der Waals surface area contributed by atoms with Crippen molar-refractivity contribution in [3.8, 4) is 0 Å². The van der Waals surface area contributed by atoms with Crippen molar-refractivity contribution in [2.24, 2.45) is 0 Å². The van der Waals surface area contributed by atoms with Crippen molar-refractivity contribution >= 4 is 17.5 Å². The molecule has 6 heteroatoms. The number of benzene rings is 1. The topological polar surface area (TPSA) is 62.2 Å². The first kappa shape index (κ1) is 12.9. The van der Waals surface area contributed by atoms with Crippen molar-refractivity contribution in [2.45, 2.75) is 6.92 Å². The average Bonchev–Trinajstić information content (AvgIpc) is 2.30. The Labute approximate surface area is 107 Å².